The molecule has 0 aliphatic heterocycles. The number of pyridine rings is 3. The Morgan fingerprint density at radius 3 is 1.35 bits per heavy atom. The van der Waals surface area contributed by atoms with E-state index in [2.05, 4.69) is 43.7 Å². The lowest BCUT2D eigenvalue weighted by Crippen LogP contribution is -2.14. The molecule has 102 heavy (non-hydrogen) atoms. The predicted octanol–water partition coefficient (Wildman–Crippen LogP) is 15.3. The van der Waals surface area contributed by atoms with Crippen LogP contribution in [0.1, 0.15) is 11.4 Å². The number of rotatable bonds is 16. The summed E-state index contributed by atoms with van der Waals surface area (Å²) >= 11 is 11.8. The number of nitrogen functional groups attached to an aromatic ring is 1. The molecule has 0 amide bonds. The third-order valence-electron chi connectivity index (χ3n) is 14.6. The lowest BCUT2D eigenvalue weighted by molar-refractivity contribution is 0.346. The molecule has 0 fully saturated rings. The molecule has 0 atom stereocenters. The summed E-state index contributed by atoms with van der Waals surface area (Å²) in [6.45, 7) is 0. The molecule has 0 bridgehead atoms. The number of halogens is 7. The van der Waals surface area contributed by atoms with E-state index < -0.39 is 69.5 Å². The minimum atomic E-state index is -4.91. The van der Waals surface area contributed by atoms with Crippen LogP contribution in [0, 0.1) is 29.1 Å². The Labute approximate surface area is 588 Å². The number of hydrogen-bond donors (Lipinski definition) is 2. The molecule has 0 unspecified atom stereocenters. The molecule has 3 N–H and O–H groups in total. The van der Waals surface area contributed by atoms with Crippen LogP contribution in [-0.4, -0.2) is 82.6 Å². The van der Waals surface area contributed by atoms with Crippen LogP contribution in [0.5, 0.6) is 23.0 Å². The third kappa shape index (κ3) is 17.3. The van der Waals surface area contributed by atoms with Crippen LogP contribution in [0.4, 0.5) is 27.8 Å². The Kier molecular flexibility index (Phi) is 23.6. The van der Waals surface area contributed by atoms with E-state index in [1.54, 1.807) is 81.2 Å². The van der Waals surface area contributed by atoms with Crippen molar-refractivity contribution >= 4 is 98.8 Å². The van der Waals surface area contributed by atoms with Crippen molar-refractivity contribution in [1.29, 1.82) is 0 Å². The van der Waals surface area contributed by atoms with E-state index in [1.165, 1.54) is 49.3 Å². The number of para-hydroxylation sites is 2. The molecule has 14 aromatic rings. The van der Waals surface area contributed by atoms with Crippen LogP contribution in [0.15, 0.2) is 254 Å². The minimum absolute atomic E-state index is 0.0760. The summed E-state index contributed by atoms with van der Waals surface area (Å²) in [6, 6.07) is 54.0. The van der Waals surface area contributed by atoms with Crippen LogP contribution in [0.25, 0.3) is 65.8 Å². The van der Waals surface area contributed by atoms with E-state index in [1.807, 2.05) is 97.1 Å². The third-order valence-corrected chi connectivity index (χ3v) is 19.7. The van der Waals surface area contributed by atoms with Gasteiger partial charge in [0, 0.05) is 69.6 Å². The molecule has 8 aromatic carbocycles. The Bertz CT molecular complexity index is 5590. The highest BCUT2D eigenvalue weighted by Gasteiger charge is 2.32. The molecule has 519 valence electrons. The summed E-state index contributed by atoms with van der Waals surface area (Å²) in [5.41, 5.74) is 11.3. The summed E-state index contributed by atoms with van der Waals surface area (Å²) < 4.78 is 175. The SMILES string of the molecule is COc1c(-c2ccccc2)cccc1-c1nccc2cc(S(=O)(=O)Cc3ccon3)ccc12.COc1c(O[B]O)cccc1-c1ccccc1.Nc1ccon1.O=S(=O)(Cc1ccon1)c1ccc2c(Cl)nccc2c1.O=S(=O)(Oc1c(F)c(F)c(F)c(F)c1F)c1ccc2c(Cl)nccc2c1. The van der Waals surface area contributed by atoms with Gasteiger partial charge in [0.2, 0.25) is 34.8 Å². The summed E-state index contributed by atoms with van der Waals surface area (Å²) in [6.07, 6.45) is 8.64. The van der Waals surface area contributed by atoms with Crippen molar-refractivity contribution in [2.75, 3.05) is 20.0 Å². The first-order valence-electron chi connectivity index (χ1n) is 29.4. The van der Waals surface area contributed by atoms with Gasteiger partial charge in [-0.1, -0.05) is 130 Å². The minimum Gasteiger partial charge on any atom is -0.535 e. The molecular formula is C70H50BCl2F5N7O14S3. The van der Waals surface area contributed by atoms with Crippen LogP contribution < -0.4 is 24.0 Å². The fourth-order valence-corrected chi connectivity index (χ4v) is 13.9. The van der Waals surface area contributed by atoms with Crippen molar-refractivity contribution < 1.29 is 84.1 Å². The summed E-state index contributed by atoms with van der Waals surface area (Å²) in [4.78, 5) is 12.2. The van der Waals surface area contributed by atoms with Crippen molar-refractivity contribution in [1.82, 2.24) is 30.4 Å². The number of aromatic nitrogens is 6. The van der Waals surface area contributed by atoms with Gasteiger partial charge in [0.15, 0.2) is 31.2 Å². The van der Waals surface area contributed by atoms with E-state index in [0.29, 0.717) is 58.1 Å². The highest BCUT2D eigenvalue weighted by molar-refractivity contribution is 7.91. The number of ether oxygens (including phenoxy) is 2. The van der Waals surface area contributed by atoms with Crippen molar-refractivity contribution in [3.63, 3.8) is 0 Å². The number of nitrogens with zero attached hydrogens (tertiary/aromatic N) is 6. The van der Waals surface area contributed by atoms with E-state index >= 15 is 0 Å². The normalized spacial score (nSPS) is 11.2. The van der Waals surface area contributed by atoms with Gasteiger partial charge in [-0.05, 0) is 106 Å². The fraction of sp³-hybridized carbons (Fsp3) is 0.0571. The second kappa shape index (κ2) is 32.8. The van der Waals surface area contributed by atoms with Gasteiger partial charge < -0.3 is 42.6 Å². The maximum absolute atomic E-state index is 13.6. The Morgan fingerprint density at radius 2 is 0.892 bits per heavy atom. The monoisotopic (exact) mass is 1480 g/mol. The first kappa shape index (κ1) is 73.4. The van der Waals surface area contributed by atoms with Crippen LogP contribution in [-0.2, 0) is 41.3 Å². The molecule has 21 nitrogen and oxygen atoms in total. The van der Waals surface area contributed by atoms with Gasteiger partial charge in [0.1, 0.15) is 57.0 Å². The molecule has 0 aliphatic carbocycles. The summed E-state index contributed by atoms with van der Waals surface area (Å²) in [5, 5.41) is 23.5. The first-order chi connectivity index (χ1) is 49.0. The molecule has 1 radical (unpaired) electrons. The highest BCUT2D eigenvalue weighted by atomic mass is 35.5. The van der Waals surface area contributed by atoms with Crippen molar-refractivity contribution in [2.45, 2.75) is 26.2 Å². The van der Waals surface area contributed by atoms with Gasteiger partial charge in [0.05, 0.1) is 41.1 Å². The zero-order valence-electron chi connectivity index (χ0n) is 52.7. The second-order valence-electron chi connectivity index (χ2n) is 21.1. The maximum Gasteiger partial charge on any atom is 0.569 e. The summed E-state index contributed by atoms with van der Waals surface area (Å²) in [7, 11) is -8.09. The van der Waals surface area contributed by atoms with Crippen molar-refractivity contribution in [2.24, 2.45) is 0 Å². The van der Waals surface area contributed by atoms with Gasteiger partial charge in [-0.25, -0.2) is 40.0 Å². The molecule has 6 heterocycles. The Morgan fingerprint density at radius 1 is 0.461 bits per heavy atom. The lowest BCUT2D eigenvalue weighted by atomic mass is 9.97. The molecule has 0 saturated carbocycles. The number of methoxy groups -OCH3 is 2. The Balaban J connectivity index is 0.000000146. The molecule has 0 aliphatic rings. The molecule has 0 saturated heterocycles. The van der Waals surface area contributed by atoms with Gasteiger partial charge in [0.25, 0.3) is 0 Å². The average Bonchev–Trinajstić information content (AvgIpc) is 0.807. The molecule has 6 aromatic heterocycles. The average molecular weight is 1490 g/mol. The summed E-state index contributed by atoms with van der Waals surface area (Å²) in [5.74, 6) is -12.0. The van der Waals surface area contributed by atoms with Crippen LogP contribution in [0.2, 0.25) is 10.3 Å². The number of hydrogen-bond acceptors (Lipinski definition) is 21. The fourth-order valence-electron chi connectivity index (χ4n) is 9.88. The van der Waals surface area contributed by atoms with Gasteiger partial charge in [-0.3, -0.25) is 4.98 Å². The maximum atomic E-state index is 13.6. The van der Waals surface area contributed by atoms with Crippen LogP contribution in [0.3, 0.4) is 0 Å². The lowest BCUT2D eigenvalue weighted by Gasteiger charge is -2.15. The largest absolute Gasteiger partial charge is 0.569 e. The Hall–Kier alpha value is -11.3. The standard InChI is InChI=1S/C26H20N2O4S.C15H5ClF5NO3S.C13H12BO3.C13H9ClN2O3S.C3H4N2O/c1-31-26-23(18-6-3-2-4-7-18)8-5-9-24(26)25-22-11-10-21(16-19(22)12-14-27-25)33(29,30)17-20-13-15-32-28-20;16-15-8-2-1-7(5-6(8)3-4-22-15)26(23,24)25-14-12(20)10(18)9(17)11(19)13(14)21;1-16-13-11(10-6-3-2-4-7-10)8-5-9-12(13)17-14-15;14-13-12-2-1-11(7-9(12)3-5-15-13)20(17,18)8-10-4-6-19-16-10;4-3-1-2-6-5-3/h2-16H,17H2,1H3;1-5H;2-9,15H,1H3;1-7H,8H2;1-2H,(H2,4,5). The van der Waals surface area contributed by atoms with E-state index in [4.69, 9.17) is 52.6 Å². The quantitative estimate of drug-likeness (QED) is 0.0227. The molecule has 0 spiro atoms. The van der Waals surface area contributed by atoms with Gasteiger partial charge in [-0.15, -0.1) is 0 Å². The molecular weight excluding hydrogens is 1440 g/mol. The smallest absolute Gasteiger partial charge is 0.535 e. The van der Waals surface area contributed by atoms with Gasteiger partial charge >= 0.3 is 17.8 Å². The number of benzene rings is 8. The van der Waals surface area contributed by atoms with Crippen molar-refractivity contribution in [3.05, 3.63) is 276 Å². The number of sulfone groups is 2. The van der Waals surface area contributed by atoms with Crippen LogP contribution >= 0.6 is 23.2 Å². The second-order valence-corrected chi connectivity index (χ2v) is 27.3. The van der Waals surface area contributed by atoms with E-state index in [9.17, 15) is 47.2 Å². The first-order valence-corrected chi connectivity index (χ1v) is 34.9. The number of nitrogens with two attached hydrogens (primary N) is 1. The zero-order chi connectivity index (χ0) is 72.7. The van der Waals surface area contributed by atoms with Gasteiger partial charge in [-0.2, -0.15) is 17.2 Å². The highest BCUT2D eigenvalue weighted by Crippen LogP contribution is 2.42. The van der Waals surface area contributed by atoms with E-state index in [-0.39, 0.29) is 26.4 Å². The topological polar surface area (TPSA) is 302 Å². The number of fused-ring (bicyclic) bond motifs is 3. The molecule has 32 heteroatoms. The zero-order valence-corrected chi connectivity index (χ0v) is 56.7. The van der Waals surface area contributed by atoms with E-state index in [0.717, 1.165) is 67.2 Å². The van der Waals surface area contributed by atoms with Crippen molar-refractivity contribution in [3.8, 4) is 56.5 Å². The molecule has 14 rings (SSSR count). The number of anilines is 1. The predicted molar refractivity (Wildman–Crippen MR) is 369 cm³/mol.